The van der Waals surface area contributed by atoms with Crippen molar-refractivity contribution in [3.05, 3.63) is 0 Å². The van der Waals surface area contributed by atoms with Crippen LogP contribution in [0.1, 0.15) is 44.9 Å². The molecule has 0 spiro atoms. The summed E-state index contributed by atoms with van der Waals surface area (Å²) in [5.41, 5.74) is 20.9. The molecular weight excluding hydrogens is 470 g/mol. The molecule has 0 saturated heterocycles. The van der Waals surface area contributed by atoms with Crippen LogP contribution in [0, 0.1) is 0 Å². The SMILES string of the molecule is NCCCCC(NC(=O)C(CC(=O)O)NC(=O)C(N)CC(N)=O)C(=O)NC(CCC(N)=O)C(=O)O. The van der Waals surface area contributed by atoms with Gasteiger partial charge in [-0.15, -0.1) is 0 Å². The molecule has 0 radical (unpaired) electrons. The van der Waals surface area contributed by atoms with Gasteiger partial charge in [-0.25, -0.2) is 4.79 Å². The summed E-state index contributed by atoms with van der Waals surface area (Å²) in [6.07, 6.45) is -1.25. The summed E-state index contributed by atoms with van der Waals surface area (Å²) in [5.74, 6) is -7.58. The Morgan fingerprint density at radius 1 is 0.686 bits per heavy atom. The van der Waals surface area contributed by atoms with Crippen molar-refractivity contribution in [2.75, 3.05) is 6.54 Å². The average molecular weight is 504 g/mol. The fourth-order valence-corrected chi connectivity index (χ4v) is 2.82. The molecule has 0 aromatic heterocycles. The van der Waals surface area contributed by atoms with Crippen molar-refractivity contribution in [2.24, 2.45) is 22.9 Å². The molecule has 4 atom stereocenters. The number of hydrogen-bond donors (Lipinski definition) is 9. The van der Waals surface area contributed by atoms with Gasteiger partial charge >= 0.3 is 11.9 Å². The molecule has 13 N–H and O–H groups in total. The Bertz CT molecular complexity index is 806. The van der Waals surface area contributed by atoms with Gasteiger partial charge in [0.2, 0.25) is 29.5 Å². The highest BCUT2D eigenvalue weighted by atomic mass is 16.4. The third kappa shape index (κ3) is 13.5. The van der Waals surface area contributed by atoms with Crippen LogP contribution in [0.4, 0.5) is 0 Å². The number of carbonyl (C=O) groups excluding carboxylic acids is 5. The summed E-state index contributed by atoms with van der Waals surface area (Å²) >= 11 is 0. The lowest BCUT2D eigenvalue weighted by Gasteiger charge is -2.24. The van der Waals surface area contributed by atoms with Crippen LogP contribution in [0.5, 0.6) is 0 Å². The van der Waals surface area contributed by atoms with Crippen molar-refractivity contribution >= 4 is 41.5 Å². The largest absolute Gasteiger partial charge is 0.481 e. The molecule has 0 rings (SSSR count). The maximum atomic E-state index is 12.7. The zero-order valence-electron chi connectivity index (χ0n) is 19.0. The molecule has 0 aliphatic rings. The number of unbranched alkanes of at least 4 members (excludes halogenated alkanes) is 1. The lowest BCUT2D eigenvalue weighted by Crippen LogP contribution is -2.57. The van der Waals surface area contributed by atoms with Crippen LogP contribution in [-0.2, 0) is 33.6 Å². The summed E-state index contributed by atoms with van der Waals surface area (Å²) in [5, 5.41) is 25.0. The number of nitrogens with one attached hydrogen (secondary N) is 3. The van der Waals surface area contributed by atoms with Gasteiger partial charge in [-0.3, -0.25) is 28.8 Å². The van der Waals surface area contributed by atoms with Crippen LogP contribution in [0.15, 0.2) is 0 Å². The molecule has 4 unspecified atom stereocenters. The minimum Gasteiger partial charge on any atom is -0.481 e. The normalized spacial score (nSPS) is 14.0. The molecule has 16 nitrogen and oxygen atoms in total. The van der Waals surface area contributed by atoms with Crippen LogP contribution in [-0.4, -0.2) is 82.4 Å². The van der Waals surface area contributed by atoms with Gasteiger partial charge in [0.15, 0.2) is 0 Å². The van der Waals surface area contributed by atoms with E-state index in [4.69, 9.17) is 28.0 Å². The van der Waals surface area contributed by atoms with Crippen LogP contribution in [0.3, 0.4) is 0 Å². The number of nitrogens with two attached hydrogens (primary N) is 4. The number of hydrogen-bond acceptors (Lipinski definition) is 9. The molecule has 0 aliphatic carbocycles. The van der Waals surface area contributed by atoms with Crippen molar-refractivity contribution in [1.29, 1.82) is 0 Å². The maximum Gasteiger partial charge on any atom is 0.326 e. The second kappa shape index (κ2) is 15.9. The molecule has 0 heterocycles. The van der Waals surface area contributed by atoms with Gasteiger partial charge < -0.3 is 49.1 Å². The molecule has 5 amide bonds. The maximum absolute atomic E-state index is 12.7. The van der Waals surface area contributed by atoms with E-state index < -0.39 is 78.5 Å². The molecular formula is C19H33N7O9. The Labute approximate surface area is 200 Å². The second-order valence-electron chi connectivity index (χ2n) is 7.69. The molecule has 0 aromatic rings. The van der Waals surface area contributed by atoms with Crippen LogP contribution in [0.25, 0.3) is 0 Å². The second-order valence-corrected chi connectivity index (χ2v) is 7.69. The minimum absolute atomic E-state index is 0.00581. The third-order valence-electron chi connectivity index (χ3n) is 4.64. The highest BCUT2D eigenvalue weighted by Gasteiger charge is 2.31. The minimum atomic E-state index is -1.67. The van der Waals surface area contributed by atoms with Crippen LogP contribution >= 0.6 is 0 Å². The van der Waals surface area contributed by atoms with Gasteiger partial charge in [0.1, 0.15) is 18.1 Å². The van der Waals surface area contributed by atoms with E-state index in [-0.39, 0.29) is 25.8 Å². The standard InChI is InChI=1S/C19H33N7O9/c20-6-2-1-3-10(17(32)25-11(19(34)35)4-5-13(22)27)24-18(33)12(8-15(29)30)26-16(31)9(21)7-14(23)28/h9-12H,1-8,20-21H2,(H2,22,27)(H2,23,28)(H,24,33)(H,25,32)(H,26,31)(H,29,30)(H,34,35). The fourth-order valence-electron chi connectivity index (χ4n) is 2.82. The number of amides is 5. The van der Waals surface area contributed by atoms with Gasteiger partial charge in [-0.05, 0) is 32.2 Å². The number of carboxylic acid groups (broad SMARTS) is 2. The first-order valence-electron chi connectivity index (χ1n) is 10.7. The predicted octanol–water partition coefficient (Wildman–Crippen LogP) is -4.40. The van der Waals surface area contributed by atoms with E-state index in [0.29, 0.717) is 12.8 Å². The van der Waals surface area contributed by atoms with Gasteiger partial charge in [0.25, 0.3) is 0 Å². The molecule has 0 fully saturated rings. The number of primary amides is 2. The Morgan fingerprint density at radius 3 is 1.71 bits per heavy atom. The Kier molecular flexibility index (Phi) is 14.2. The van der Waals surface area contributed by atoms with Gasteiger partial charge in [-0.2, -0.15) is 0 Å². The topological polar surface area (TPSA) is 300 Å². The van der Waals surface area contributed by atoms with E-state index in [9.17, 15) is 38.7 Å². The number of rotatable bonds is 18. The lowest BCUT2D eigenvalue weighted by atomic mass is 10.1. The van der Waals surface area contributed by atoms with E-state index in [2.05, 4.69) is 16.0 Å². The van der Waals surface area contributed by atoms with Crippen molar-refractivity contribution in [3.8, 4) is 0 Å². The monoisotopic (exact) mass is 503 g/mol. The molecule has 16 heteroatoms. The van der Waals surface area contributed by atoms with Gasteiger partial charge in [-0.1, -0.05) is 0 Å². The van der Waals surface area contributed by atoms with E-state index >= 15 is 0 Å². The van der Waals surface area contributed by atoms with Gasteiger partial charge in [0, 0.05) is 6.42 Å². The van der Waals surface area contributed by atoms with E-state index in [1.54, 1.807) is 0 Å². The van der Waals surface area contributed by atoms with Crippen molar-refractivity contribution < 1.29 is 43.8 Å². The van der Waals surface area contributed by atoms with Crippen molar-refractivity contribution in [2.45, 2.75) is 69.1 Å². The van der Waals surface area contributed by atoms with Crippen molar-refractivity contribution in [3.63, 3.8) is 0 Å². The lowest BCUT2D eigenvalue weighted by molar-refractivity contribution is -0.143. The zero-order chi connectivity index (χ0) is 27.1. The Morgan fingerprint density at radius 2 is 1.23 bits per heavy atom. The summed E-state index contributed by atoms with van der Waals surface area (Å²) in [6.45, 7) is 0.272. The number of carbonyl (C=O) groups is 7. The predicted molar refractivity (Wildman–Crippen MR) is 119 cm³/mol. The highest BCUT2D eigenvalue weighted by molar-refractivity contribution is 5.96. The first kappa shape index (κ1) is 31.2. The third-order valence-corrected chi connectivity index (χ3v) is 4.64. The molecule has 0 aromatic carbocycles. The van der Waals surface area contributed by atoms with Crippen LogP contribution < -0.4 is 38.9 Å². The van der Waals surface area contributed by atoms with Crippen LogP contribution in [0.2, 0.25) is 0 Å². The number of aliphatic carboxylic acids is 2. The molecule has 198 valence electrons. The van der Waals surface area contributed by atoms with E-state index in [1.807, 2.05) is 0 Å². The molecule has 0 saturated carbocycles. The number of carboxylic acids is 2. The molecule has 35 heavy (non-hydrogen) atoms. The summed E-state index contributed by atoms with van der Waals surface area (Å²) in [7, 11) is 0. The smallest absolute Gasteiger partial charge is 0.326 e. The average Bonchev–Trinajstić information content (AvgIpc) is 2.73. The molecule has 0 aliphatic heterocycles. The Balaban J connectivity index is 5.56. The quantitative estimate of drug-likeness (QED) is 0.0804. The zero-order valence-corrected chi connectivity index (χ0v) is 19.0. The van der Waals surface area contributed by atoms with E-state index in [1.165, 1.54) is 0 Å². The Hall–Kier alpha value is -3.79. The summed E-state index contributed by atoms with van der Waals surface area (Å²) in [6, 6.07) is -5.92. The fraction of sp³-hybridized carbons (Fsp3) is 0.632. The highest BCUT2D eigenvalue weighted by Crippen LogP contribution is 2.06. The van der Waals surface area contributed by atoms with Crippen molar-refractivity contribution in [1.82, 2.24) is 16.0 Å². The first-order valence-corrected chi connectivity index (χ1v) is 10.7. The summed E-state index contributed by atoms with van der Waals surface area (Å²) in [4.78, 5) is 82.1. The summed E-state index contributed by atoms with van der Waals surface area (Å²) < 4.78 is 0. The molecule has 0 bridgehead atoms. The van der Waals surface area contributed by atoms with Gasteiger partial charge in [0.05, 0.1) is 18.9 Å². The first-order chi connectivity index (χ1) is 16.3. The van der Waals surface area contributed by atoms with E-state index in [0.717, 1.165) is 0 Å².